The number of hydrogen-bond donors (Lipinski definition) is 2. The molecule has 0 saturated heterocycles. The molecule has 0 aliphatic rings. The van der Waals surface area contributed by atoms with Gasteiger partial charge in [0.15, 0.2) is 6.10 Å². The van der Waals surface area contributed by atoms with Gasteiger partial charge in [0.05, 0.1) is 4.47 Å². The smallest absolute Gasteiger partial charge is 0.337 e. The summed E-state index contributed by atoms with van der Waals surface area (Å²) < 4.78 is 13.8. The molecule has 0 fully saturated rings. The molecule has 0 aromatic heterocycles. The van der Waals surface area contributed by atoms with Gasteiger partial charge < -0.3 is 10.2 Å². The Morgan fingerprint density at radius 1 is 1.57 bits per heavy atom. The maximum absolute atomic E-state index is 13.0. The number of halogens is 3. The van der Waals surface area contributed by atoms with E-state index in [0.717, 1.165) is 6.07 Å². The molecule has 1 atom stereocenters. The Hall–Kier alpha value is -0.210. The van der Waals surface area contributed by atoms with Crippen molar-refractivity contribution in [1.82, 2.24) is 0 Å². The first-order valence-electron chi connectivity index (χ1n) is 3.48. The Labute approximate surface area is 101 Å². The number of carboxylic acids is 1. The van der Waals surface area contributed by atoms with E-state index in [1.165, 1.54) is 6.07 Å². The van der Waals surface area contributed by atoms with Crippen LogP contribution in [0.4, 0.5) is 4.39 Å². The molecule has 0 radical (unpaired) electrons. The first-order chi connectivity index (χ1) is 6.43. The van der Waals surface area contributed by atoms with Gasteiger partial charge in [-0.05, 0) is 50.7 Å². The van der Waals surface area contributed by atoms with E-state index in [1.807, 2.05) is 22.6 Å². The Balaban J connectivity index is 3.22. The van der Waals surface area contributed by atoms with E-state index in [-0.39, 0.29) is 10.0 Å². The van der Waals surface area contributed by atoms with Gasteiger partial charge in [0.1, 0.15) is 5.82 Å². The third-order valence-corrected chi connectivity index (χ3v) is 3.11. The van der Waals surface area contributed by atoms with Crippen LogP contribution in [0, 0.1) is 9.39 Å². The van der Waals surface area contributed by atoms with Gasteiger partial charge >= 0.3 is 5.97 Å². The fourth-order valence-corrected chi connectivity index (χ4v) is 2.41. The standard InChI is InChI=1S/C8H5BrFIO3/c9-4-2-6(11)3(1-5(4)10)7(12)8(13)14/h1-2,7,12H,(H,13,14). The molecule has 1 rings (SSSR count). The Kier molecular flexibility index (Phi) is 3.85. The lowest BCUT2D eigenvalue weighted by Gasteiger charge is -2.09. The van der Waals surface area contributed by atoms with Gasteiger partial charge in [0.2, 0.25) is 0 Å². The fourth-order valence-electron chi connectivity index (χ4n) is 0.881. The van der Waals surface area contributed by atoms with Crippen molar-refractivity contribution in [2.75, 3.05) is 0 Å². The minimum Gasteiger partial charge on any atom is -0.479 e. The van der Waals surface area contributed by atoms with Gasteiger partial charge in [-0.2, -0.15) is 0 Å². The predicted octanol–water partition coefficient (Wildman–Crippen LogP) is 2.31. The van der Waals surface area contributed by atoms with Gasteiger partial charge in [0, 0.05) is 9.13 Å². The van der Waals surface area contributed by atoms with Crippen LogP contribution in [-0.2, 0) is 4.79 Å². The maximum atomic E-state index is 13.0. The van der Waals surface area contributed by atoms with Crippen LogP contribution in [0.5, 0.6) is 0 Å². The predicted molar refractivity (Wildman–Crippen MR) is 59.4 cm³/mol. The number of rotatable bonds is 2. The van der Waals surface area contributed by atoms with E-state index >= 15 is 0 Å². The summed E-state index contributed by atoms with van der Waals surface area (Å²) in [6.45, 7) is 0. The second kappa shape index (κ2) is 4.54. The number of carbonyl (C=O) groups is 1. The molecule has 3 nitrogen and oxygen atoms in total. The summed E-state index contributed by atoms with van der Waals surface area (Å²) in [4.78, 5) is 10.5. The van der Waals surface area contributed by atoms with Crippen LogP contribution < -0.4 is 0 Å². The zero-order chi connectivity index (χ0) is 10.9. The molecule has 0 aliphatic heterocycles. The highest BCUT2D eigenvalue weighted by atomic mass is 127. The molecule has 1 unspecified atom stereocenters. The Bertz CT molecular complexity index is 383. The summed E-state index contributed by atoms with van der Waals surface area (Å²) >= 11 is 4.79. The number of carboxylic acid groups (broad SMARTS) is 1. The van der Waals surface area contributed by atoms with Gasteiger partial charge in [-0.3, -0.25) is 0 Å². The average Bonchev–Trinajstić information content (AvgIpc) is 2.10. The van der Waals surface area contributed by atoms with Crippen LogP contribution in [0.15, 0.2) is 16.6 Å². The third kappa shape index (κ3) is 2.43. The maximum Gasteiger partial charge on any atom is 0.337 e. The second-order valence-corrected chi connectivity index (χ2v) is 4.55. The molecule has 14 heavy (non-hydrogen) atoms. The molecular weight excluding hydrogens is 370 g/mol. The van der Waals surface area contributed by atoms with Crippen molar-refractivity contribution < 1.29 is 19.4 Å². The minimum absolute atomic E-state index is 0.0544. The molecule has 76 valence electrons. The first kappa shape index (κ1) is 11.9. The lowest BCUT2D eigenvalue weighted by molar-refractivity contribution is -0.147. The SMILES string of the molecule is O=C(O)C(O)c1cc(F)c(Br)cc1I. The van der Waals surface area contributed by atoms with Crippen molar-refractivity contribution in [1.29, 1.82) is 0 Å². The summed E-state index contributed by atoms with van der Waals surface area (Å²) in [5.74, 6) is -2.00. The highest BCUT2D eigenvalue weighted by Gasteiger charge is 2.20. The number of aliphatic hydroxyl groups is 1. The van der Waals surface area contributed by atoms with Crippen molar-refractivity contribution in [2.45, 2.75) is 6.10 Å². The number of benzene rings is 1. The van der Waals surface area contributed by atoms with Crippen molar-refractivity contribution >= 4 is 44.5 Å². The Morgan fingerprint density at radius 3 is 2.64 bits per heavy atom. The molecule has 0 heterocycles. The van der Waals surface area contributed by atoms with Crippen molar-refractivity contribution in [3.63, 3.8) is 0 Å². The van der Waals surface area contributed by atoms with Gasteiger partial charge in [0.25, 0.3) is 0 Å². The molecular formula is C8H5BrFIO3. The summed E-state index contributed by atoms with van der Waals surface area (Å²) in [6.07, 6.45) is -1.69. The molecule has 0 bridgehead atoms. The zero-order valence-electron chi connectivity index (χ0n) is 6.67. The van der Waals surface area contributed by atoms with Crippen LogP contribution in [0.25, 0.3) is 0 Å². The van der Waals surface area contributed by atoms with Crippen LogP contribution in [-0.4, -0.2) is 16.2 Å². The average molecular weight is 375 g/mol. The van der Waals surface area contributed by atoms with Gasteiger partial charge in [-0.15, -0.1) is 0 Å². The number of aliphatic hydroxyl groups excluding tert-OH is 1. The van der Waals surface area contributed by atoms with Crippen LogP contribution in [0.2, 0.25) is 0 Å². The molecule has 0 aliphatic carbocycles. The quantitative estimate of drug-likeness (QED) is 0.617. The highest BCUT2D eigenvalue weighted by Crippen LogP contribution is 2.26. The molecule has 0 amide bonds. The van der Waals surface area contributed by atoms with E-state index in [0.29, 0.717) is 3.57 Å². The van der Waals surface area contributed by atoms with E-state index < -0.39 is 17.9 Å². The summed E-state index contributed by atoms with van der Waals surface area (Å²) in [5, 5.41) is 17.7. The minimum atomic E-state index is -1.69. The Morgan fingerprint density at radius 2 is 2.14 bits per heavy atom. The fraction of sp³-hybridized carbons (Fsp3) is 0.125. The zero-order valence-corrected chi connectivity index (χ0v) is 10.4. The van der Waals surface area contributed by atoms with Crippen molar-refractivity contribution in [2.24, 2.45) is 0 Å². The normalized spacial score (nSPS) is 12.6. The third-order valence-electron chi connectivity index (χ3n) is 1.57. The van der Waals surface area contributed by atoms with Crippen molar-refractivity contribution in [3.05, 3.63) is 31.6 Å². The molecule has 6 heteroatoms. The van der Waals surface area contributed by atoms with Gasteiger partial charge in [-0.25, -0.2) is 9.18 Å². The molecule has 1 aromatic carbocycles. The molecule has 1 aromatic rings. The highest BCUT2D eigenvalue weighted by molar-refractivity contribution is 14.1. The summed E-state index contributed by atoms with van der Waals surface area (Å²) in [7, 11) is 0. The number of aliphatic carboxylic acids is 1. The lowest BCUT2D eigenvalue weighted by atomic mass is 10.1. The monoisotopic (exact) mass is 374 g/mol. The van der Waals surface area contributed by atoms with Crippen LogP contribution in [0.1, 0.15) is 11.7 Å². The molecule has 0 saturated carbocycles. The summed E-state index contributed by atoms with van der Waals surface area (Å²) in [6, 6.07) is 2.42. The van der Waals surface area contributed by atoms with E-state index in [9.17, 15) is 14.3 Å². The van der Waals surface area contributed by atoms with E-state index in [4.69, 9.17) is 5.11 Å². The van der Waals surface area contributed by atoms with E-state index in [2.05, 4.69) is 15.9 Å². The molecule has 2 N–H and O–H groups in total. The molecule has 0 spiro atoms. The second-order valence-electron chi connectivity index (χ2n) is 2.53. The van der Waals surface area contributed by atoms with Crippen LogP contribution >= 0.6 is 38.5 Å². The van der Waals surface area contributed by atoms with Crippen molar-refractivity contribution in [3.8, 4) is 0 Å². The first-order valence-corrected chi connectivity index (χ1v) is 5.36. The largest absolute Gasteiger partial charge is 0.479 e. The number of hydrogen-bond acceptors (Lipinski definition) is 2. The van der Waals surface area contributed by atoms with Crippen LogP contribution in [0.3, 0.4) is 0 Å². The van der Waals surface area contributed by atoms with Gasteiger partial charge in [-0.1, -0.05) is 0 Å². The lowest BCUT2D eigenvalue weighted by Crippen LogP contribution is -2.12. The topological polar surface area (TPSA) is 57.5 Å². The van der Waals surface area contributed by atoms with E-state index in [1.54, 1.807) is 0 Å². The summed E-state index contributed by atoms with van der Waals surface area (Å²) in [5.41, 5.74) is 0.0544.